The first-order valence-electron chi connectivity index (χ1n) is 10.8. The van der Waals surface area contributed by atoms with Crippen molar-refractivity contribution in [1.82, 2.24) is 5.32 Å². The Hall–Kier alpha value is -1.05. The molecule has 3 rings (SSSR count). The van der Waals surface area contributed by atoms with Crippen molar-refractivity contribution in [2.45, 2.75) is 79.6 Å². The Morgan fingerprint density at radius 2 is 2.04 bits per heavy atom. The number of allylic oxidation sites excluding steroid dienone is 3. The molecule has 0 spiro atoms. The Kier molecular flexibility index (Phi) is 5.18. The molecule has 2 heteroatoms. The van der Waals surface area contributed by atoms with Gasteiger partial charge in [-0.15, -0.1) is 6.58 Å². The summed E-state index contributed by atoms with van der Waals surface area (Å²) in [5.74, 6) is 1.97. The van der Waals surface area contributed by atoms with Crippen molar-refractivity contribution in [3.05, 3.63) is 24.3 Å². The van der Waals surface area contributed by atoms with E-state index in [4.69, 9.17) is 0 Å². The van der Waals surface area contributed by atoms with Crippen LogP contribution in [0.4, 0.5) is 0 Å². The average molecular weight is 358 g/mol. The maximum atomic E-state index is 13.2. The van der Waals surface area contributed by atoms with Gasteiger partial charge in [0.15, 0.2) is 0 Å². The summed E-state index contributed by atoms with van der Waals surface area (Å²) in [5, 5.41) is 3.27. The maximum Gasteiger partial charge on any atom is 0.226 e. The largest absolute Gasteiger partial charge is 0.355 e. The van der Waals surface area contributed by atoms with E-state index in [9.17, 15) is 4.79 Å². The SMILES string of the molecule is C=C[C@@]1(C)CC=C2C(CCC3[C@](C)(C(=O)NCC(C)C)CCC[C@@]23C)C1. The van der Waals surface area contributed by atoms with Gasteiger partial charge in [-0.05, 0) is 67.1 Å². The van der Waals surface area contributed by atoms with Crippen LogP contribution in [0.15, 0.2) is 24.3 Å². The van der Waals surface area contributed by atoms with Crippen LogP contribution in [0.2, 0.25) is 0 Å². The molecule has 0 bridgehead atoms. The Labute approximate surface area is 160 Å². The van der Waals surface area contributed by atoms with Crippen LogP contribution in [-0.2, 0) is 4.79 Å². The second-order valence-corrected chi connectivity index (χ2v) is 10.5. The van der Waals surface area contributed by atoms with E-state index in [0.717, 1.165) is 19.4 Å². The fourth-order valence-electron chi connectivity index (χ4n) is 6.39. The summed E-state index contributed by atoms with van der Waals surface area (Å²) in [6, 6.07) is 0. The summed E-state index contributed by atoms with van der Waals surface area (Å²) < 4.78 is 0. The first kappa shape index (κ1) is 19.7. The van der Waals surface area contributed by atoms with Gasteiger partial charge in [-0.2, -0.15) is 0 Å². The second kappa shape index (κ2) is 6.84. The molecule has 0 saturated heterocycles. The standard InChI is InChI=1S/C24H39NO/c1-7-22(4)14-11-19-18(15-22)9-10-20-23(19,5)12-8-13-24(20,6)21(26)25-16-17(2)3/h7,11,17-18,20H,1,8-10,12-16H2,2-6H3,(H,25,26)/t18?,20?,22-,23-,24+/m0/s1. The van der Waals surface area contributed by atoms with Gasteiger partial charge in [0.25, 0.3) is 0 Å². The minimum atomic E-state index is -0.215. The molecular weight excluding hydrogens is 318 g/mol. The third-order valence-electron chi connectivity index (χ3n) is 8.02. The molecule has 0 heterocycles. The Morgan fingerprint density at radius 1 is 1.31 bits per heavy atom. The molecular formula is C24H39NO. The molecule has 1 N–H and O–H groups in total. The van der Waals surface area contributed by atoms with Crippen LogP contribution < -0.4 is 5.32 Å². The summed E-state index contributed by atoms with van der Waals surface area (Å²) in [5.41, 5.74) is 1.92. The van der Waals surface area contributed by atoms with Crippen LogP contribution in [-0.4, -0.2) is 12.5 Å². The zero-order valence-electron chi connectivity index (χ0n) is 17.7. The third-order valence-corrected chi connectivity index (χ3v) is 8.02. The lowest BCUT2D eigenvalue weighted by Gasteiger charge is -2.58. The highest BCUT2D eigenvalue weighted by molar-refractivity contribution is 5.83. The number of hydrogen-bond donors (Lipinski definition) is 1. The summed E-state index contributed by atoms with van der Waals surface area (Å²) >= 11 is 0. The third kappa shape index (κ3) is 3.18. The average Bonchev–Trinajstić information content (AvgIpc) is 2.59. The van der Waals surface area contributed by atoms with Crippen LogP contribution >= 0.6 is 0 Å². The van der Waals surface area contributed by atoms with Crippen LogP contribution in [0, 0.1) is 34.0 Å². The highest BCUT2D eigenvalue weighted by Crippen LogP contribution is 2.63. The molecule has 0 radical (unpaired) electrons. The van der Waals surface area contributed by atoms with Gasteiger partial charge in [-0.1, -0.05) is 58.8 Å². The predicted molar refractivity (Wildman–Crippen MR) is 110 cm³/mol. The van der Waals surface area contributed by atoms with Crippen molar-refractivity contribution in [2.75, 3.05) is 6.54 Å². The van der Waals surface area contributed by atoms with Crippen LogP contribution in [0.5, 0.6) is 0 Å². The molecule has 5 atom stereocenters. The molecule has 2 saturated carbocycles. The molecule has 0 aliphatic heterocycles. The number of carbonyl (C=O) groups excluding carboxylic acids is 1. The summed E-state index contributed by atoms with van der Waals surface area (Å²) in [6.07, 6.45) is 12.9. The lowest BCUT2D eigenvalue weighted by Crippen LogP contribution is -2.55. The lowest BCUT2D eigenvalue weighted by molar-refractivity contribution is -0.142. The number of carbonyl (C=O) groups is 1. The van der Waals surface area contributed by atoms with Gasteiger partial charge in [0, 0.05) is 12.0 Å². The monoisotopic (exact) mass is 357 g/mol. The van der Waals surface area contributed by atoms with Gasteiger partial charge < -0.3 is 5.32 Å². The molecule has 0 aromatic rings. The van der Waals surface area contributed by atoms with E-state index < -0.39 is 0 Å². The van der Waals surface area contributed by atoms with Gasteiger partial charge in [0.2, 0.25) is 5.91 Å². The number of amides is 1. The number of rotatable bonds is 4. The molecule has 1 amide bonds. The van der Waals surface area contributed by atoms with E-state index in [1.807, 2.05) is 0 Å². The first-order valence-corrected chi connectivity index (χ1v) is 10.8. The summed E-state index contributed by atoms with van der Waals surface area (Å²) in [7, 11) is 0. The van der Waals surface area contributed by atoms with Crippen molar-refractivity contribution in [2.24, 2.45) is 34.0 Å². The summed E-state index contributed by atoms with van der Waals surface area (Å²) in [4.78, 5) is 13.2. The van der Waals surface area contributed by atoms with E-state index in [1.165, 1.54) is 32.1 Å². The number of hydrogen-bond acceptors (Lipinski definition) is 1. The molecule has 2 fully saturated rings. The Balaban J connectivity index is 1.88. The highest BCUT2D eigenvalue weighted by atomic mass is 16.2. The van der Waals surface area contributed by atoms with Crippen LogP contribution in [0.1, 0.15) is 79.6 Å². The fourth-order valence-corrected chi connectivity index (χ4v) is 6.39. The second-order valence-electron chi connectivity index (χ2n) is 10.5. The van der Waals surface area contributed by atoms with Crippen molar-refractivity contribution in [3.8, 4) is 0 Å². The van der Waals surface area contributed by atoms with Crippen molar-refractivity contribution >= 4 is 5.91 Å². The lowest BCUT2D eigenvalue weighted by atomic mass is 9.46. The number of fused-ring (bicyclic) bond motifs is 3. The number of nitrogens with one attached hydrogen (secondary N) is 1. The van der Waals surface area contributed by atoms with E-state index >= 15 is 0 Å². The fraction of sp³-hybridized carbons (Fsp3) is 0.792. The minimum absolute atomic E-state index is 0.202. The molecule has 0 aromatic heterocycles. The normalized spacial score (nSPS) is 42.5. The molecule has 2 unspecified atom stereocenters. The van der Waals surface area contributed by atoms with Crippen molar-refractivity contribution < 1.29 is 4.79 Å². The topological polar surface area (TPSA) is 29.1 Å². The first-order chi connectivity index (χ1) is 12.1. The molecule has 146 valence electrons. The zero-order chi connectivity index (χ0) is 19.2. The van der Waals surface area contributed by atoms with E-state index in [-0.39, 0.29) is 16.2 Å². The van der Waals surface area contributed by atoms with Gasteiger partial charge >= 0.3 is 0 Å². The van der Waals surface area contributed by atoms with E-state index in [0.29, 0.717) is 23.7 Å². The molecule has 26 heavy (non-hydrogen) atoms. The Bertz CT molecular complexity index is 605. The van der Waals surface area contributed by atoms with Crippen LogP contribution in [0.3, 0.4) is 0 Å². The van der Waals surface area contributed by atoms with Gasteiger partial charge in [-0.3, -0.25) is 4.79 Å². The van der Waals surface area contributed by atoms with Gasteiger partial charge in [-0.25, -0.2) is 0 Å². The highest BCUT2D eigenvalue weighted by Gasteiger charge is 2.57. The molecule has 0 aromatic carbocycles. The van der Waals surface area contributed by atoms with E-state index in [2.05, 4.69) is 58.7 Å². The van der Waals surface area contributed by atoms with Gasteiger partial charge in [0.05, 0.1) is 0 Å². The van der Waals surface area contributed by atoms with Crippen molar-refractivity contribution in [3.63, 3.8) is 0 Å². The molecule has 3 aliphatic carbocycles. The minimum Gasteiger partial charge on any atom is -0.355 e. The van der Waals surface area contributed by atoms with Gasteiger partial charge in [0.1, 0.15) is 0 Å². The Morgan fingerprint density at radius 3 is 2.69 bits per heavy atom. The summed E-state index contributed by atoms with van der Waals surface area (Å²) in [6.45, 7) is 16.3. The zero-order valence-corrected chi connectivity index (χ0v) is 17.7. The molecule has 3 aliphatic rings. The smallest absolute Gasteiger partial charge is 0.226 e. The van der Waals surface area contributed by atoms with Crippen molar-refractivity contribution in [1.29, 1.82) is 0 Å². The van der Waals surface area contributed by atoms with Crippen LogP contribution in [0.25, 0.3) is 0 Å². The molecule has 2 nitrogen and oxygen atoms in total. The quantitative estimate of drug-likeness (QED) is 0.624. The predicted octanol–water partition coefficient (Wildman–Crippen LogP) is 5.89. The maximum absolute atomic E-state index is 13.2. The van der Waals surface area contributed by atoms with E-state index in [1.54, 1.807) is 5.57 Å².